The second kappa shape index (κ2) is 4.35. The van der Waals surface area contributed by atoms with E-state index in [-0.39, 0.29) is 35.3 Å². The van der Waals surface area contributed by atoms with Gasteiger partial charge in [0.1, 0.15) is 5.65 Å². The summed E-state index contributed by atoms with van der Waals surface area (Å²) in [4.78, 5) is 15.0. The van der Waals surface area contributed by atoms with Gasteiger partial charge in [0, 0.05) is 6.20 Å². The Labute approximate surface area is 109 Å². The number of fused-ring (bicyclic) bond motifs is 1. The van der Waals surface area contributed by atoms with Gasteiger partial charge in [0.05, 0.1) is 17.4 Å². The molecule has 0 spiro atoms. The van der Waals surface area contributed by atoms with Gasteiger partial charge in [-0.25, -0.2) is 4.98 Å². The molecule has 0 amide bonds. The number of hydrogen-bond donors (Lipinski definition) is 0. The van der Waals surface area contributed by atoms with Crippen molar-refractivity contribution in [3.8, 4) is 0 Å². The second-order valence-electron chi connectivity index (χ2n) is 3.22. The predicted molar refractivity (Wildman–Crippen MR) is 49.0 cm³/mol. The molecule has 0 radical (unpaired) electrons. The predicted octanol–water partition coefficient (Wildman–Crippen LogP) is -2.68. The summed E-state index contributed by atoms with van der Waals surface area (Å²) in [5.41, 5.74) is 2.23. The minimum Gasteiger partial charge on any atom is -0.543 e. The summed E-state index contributed by atoms with van der Waals surface area (Å²) in [7, 11) is 0. The van der Waals surface area contributed by atoms with Gasteiger partial charge in [-0.3, -0.25) is 4.40 Å². The molecule has 0 atom stereocenters. The number of carbonyl (C=O) groups is 1. The molecule has 5 heteroatoms. The molecule has 2 aromatic heterocycles. The maximum atomic E-state index is 10.8. The molecule has 2 heterocycles. The summed E-state index contributed by atoms with van der Waals surface area (Å²) in [6.45, 7) is 3.55. The first-order chi connectivity index (χ1) is 6.61. The van der Waals surface area contributed by atoms with Gasteiger partial charge in [0.2, 0.25) is 0 Å². The minimum absolute atomic E-state index is 0. The fraction of sp³-hybridized carbons (Fsp3) is 0.200. The van der Waals surface area contributed by atoms with Crippen LogP contribution in [0.2, 0.25) is 0 Å². The summed E-state index contributed by atoms with van der Waals surface area (Å²) in [6, 6.07) is 3.68. The van der Waals surface area contributed by atoms with Gasteiger partial charge in [-0.1, -0.05) is 6.07 Å². The van der Waals surface area contributed by atoms with Gasteiger partial charge < -0.3 is 9.90 Å². The van der Waals surface area contributed by atoms with Crippen LogP contribution in [0.25, 0.3) is 5.65 Å². The van der Waals surface area contributed by atoms with Crippen molar-refractivity contribution in [2.24, 2.45) is 0 Å². The van der Waals surface area contributed by atoms with Crippen molar-refractivity contribution in [3.05, 3.63) is 35.3 Å². The van der Waals surface area contributed by atoms with Crippen molar-refractivity contribution in [1.29, 1.82) is 0 Å². The number of pyridine rings is 1. The molecule has 0 unspecified atom stereocenters. The Bertz CT molecular complexity index is 519. The number of nitrogens with zero attached hydrogens (tertiary/aromatic N) is 2. The summed E-state index contributed by atoms with van der Waals surface area (Å²) < 4.78 is 1.54. The van der Waals surface area contributed by atoms with E-state index in [0.717, 1.165) is 5.56 Å². The van der Waals surface area contributed by atoms with Crippen LogP contribution in [-0.4, -0.2) is 15.4 Å². The van der Waals surface area contributed by atoms with Crippen LogP contribution >= 0.6 is 0 Å². The van der Waals surface area contributed by atoms with Crippen LogP contribution in [0.15, 0.2) is 18.3 Å². The molecule has 0 N–H and O–H groups in total. The first-order valence-electron chi connectivity index (χ1n) is 4.27. The Hall–Kier alpha value is -0.840. The maximum Gasteiger partial charge on any atom is 1.00 e. The third-order valence-corrected chi connectivity index (χ3v) is 2.21. The summed E-state index contributed by atoms with van der Waals surface area (Å²) in [5.74, 6) is -1.19. The van der Waals surface area contributed by atoms with Crippen LogP contribution in [0.5, 0.6) is 0 Å². The molecule has 72 valence electrons. The van der Waals surface area contributed by atoms with E-state index in [9.17, 15) is 9.90 Å². The summed E-state index contributed by atoms with van der Waals surface area (Å²) in [6.07, 6.45) is 1.67. The molecule has 0 aliphatic rings. The van der Waals surface area contributed by atoms with Crippen LogP contribution in [0.4, 0.5) is 0 Å². The zero-order valence-electron chi connectivity index (χ0n) is 8.94. The van der Waals surface area contributed by atoms with E-state index >= 15 is 0 Å². The van der Waals surface area contributed by atoms with E-state index < -0.39 is 5.97 Å². The Morgan fingerprint density at radius 3 is 2.73 bits per heavy atom. The van der Waals surface area contributed by atoms with Gasteiger partial charge >= 0.3 is 29.6 Å². The molecule has 0 fully saturated rings. The zero-order chi connectivity index (χ0) is 10.3. The third kappa shape index (κ3) is 1.93. The third-order valence-electron chi connectivity index (χ3n) is 2.21. The first kappa shape index (κ1) is 12.2. The number of carboxylic acids is 1. The minimum atomic E-state index is -1.19. The van der Waals surface area contributed by atoms with Crippen LogP contribution in [0.1, 0.15) is 21.7 Å². The molecule has 2 rings (SSSR count). The SMILES string of the molecule is Cc1nc2c(C)cccn2c1C(=O)[O-].[Na+]. The Kier molecular flexibility index (Phi) is 3.54. The molecule has 15 heavy (non-hydrogen) atoms. The van der Waals surface area contributed by atoms with Gasteiger partial charge in [-0.15, -0.1) is 0 Å². The number of rotatable bonds is 1. The van der Waals surface area contributed by atoms with E-state index in [2.05, 4.69) is 4.98 Å². The topological polar surface area (TPSA) is 57.4 Å². The van der Waals surface area contributed by atoms with Crippen LogP contribution in [-0.2, 0) is 0 Å². The smallest absolute Gasteiger partial charge is 0.543 e. The van der Waals surface area contributed by atoms with Crippen LogP contribution in [0.3, 0.4) is 0 Å². The zero-order valence-corrected chi connectivity index (χ0v) is 10.9. The van der Waals surface area contributed by atoms with Gasteiger partial charge in [-0.2, -0.15) is 0 Å². The molecule has 0 saturated carbocycles. The van der Waals surface area contributed by atoms with Gasteiger partial charge in [-0.05, 0) is 25.5 Å². The van der Waals surface area contributed by atoms with Crippen molar-refractivity contribution in [3.63, 3.8) is 0 Å². The Morgan fingerprint density at radius 1 is 1.47 bits per heavy atom. The fourth-order valence-corrected chi connectivity index (χ4v) is 1.56. The molecule has 0 aliphatic carbocycles. The second-order valence-corrected chi connectivity index (χ2v) is 3.22. The van der Waals surface area contributed by atoms with Crippen molar-refractivity contribution in [1.82, 2.24) is 9.38 Å². The number of aromatic carboxylic acids is 1. The van der Waals surface area contributed by atoms with Crippen molar-refractivity contribution >= 4 is 11.6 Å². The fourth-order valence-electron chi connectivity index (χ4n) is 1.56. The van der Waals surface area contributed by atoms with Crippen molar-refractivity contribution in [2.45, 2.75) is 13.8 Å². The van der Waals surface area contributed by atoms with E-state index in [1.54, 1.807) is 23.6 Å². The van der Waals surface area contributed by atoms with Crippen molar-refractivity contribution < 1.29 is 39.5 Å². The molecular weight excluding hydrogens is 203 g/mol. The summed E-state index contributed by atoms with van der Waals surface area (Å²) in [5, 5.41) is 10.8. The molecule has 0 aliphatic heterocycles. The van der Waals surface area contributed by atoms with Crippen LogP contribution in [0, 0.1) is 13.8 Å². The molecular formula is C10H9N2NaO2. The number of aryl methyl sites for hydroxylation is 2. The van der Waals surface area contributed by atoms with E-state index in [4.69, 9.17) is 0 Å². The standard InChI is InChI=1S/C10H10N2O2.Na/c1-6-4-3-5-12-8(10(13)14)7(2)11-9(6)12;/h3-5H,1-2H3,(H,13,14);/q;+1/p-1. The molecule has 2 aromatic rings. The largest absolute Gasteiger partial charge is 1.00 e. The number of aromatic nitrogens is 2. The molecule has 0 aromatic carbocycles. The summed E-state index contributed by atoms with van der Waals surface area (Å²) >= 11 is 0. The number of hydrogen-bond acceptors (Lipinski definition) is 3. The quantitative estimate of drug-likeness (QED) is 0.484. The molecule has 0 saturated heterocycles. The Balaban J connectivity index is 0.00000112. The van der Waals surface area contributed by atoms with E-state index in [0.29, 0.717) is 11.3 Å². The molecule has 4 nitrogen and oxygen atoms in total. The number of carboxylic acid groups (broad SMARTS) is 1. The molecule has 0 bridgehead atoms. The average molecular weight is 212 g/mol. The van der Waals surface area contributed by atoms with Crippen LogP contribution < -0.4 is 34.7 Å². The van der Waals surface area contributed by atoms with Gasteiger partial charge in [0.15, 0.2) is 0 Å². The first-order valence-corrected chi connectivity index (χ1v) is 4.27. The Morgan fingerprint density at radius 2 is 2.13 bits per heavy atom. The van der Waals surface area contributed by atoms with Crippen molar-refractivity contribution in [2.75, 3.05) is 0 Å². The maximum absolute atomic E-state index is 10.8. The van der Waals surface area contributed by atoms with E-state index in [1.807, 2.05) is 13.0 Å². The van der Waals surface area contributed by atoms with Gasteiger partial charge in [0.25, 0.3) is 0 Å². The van der Waals surface area contributed by atoms with E-state index in [1.165, 1.54) is 0 Å². The monoisotopic (exact) mass is 212 g/mol. The average Bonchev–Trinajstić information content (AvgIpc) is 2.42. The normalized spacial score (nSPS) is 10.0. The number of carbonyl (C=O) groups excluding carboxylic acids is 1. The number of imidazole rings is 1.